The fourth-order valence-electron chi connectivity index (χ4n) is 1.74. The SMILES string of the molecule is FC(F)(F)c1ccc(OCOc2ccc(C(F)(F)F)cc2Br)c(Br)c1. The summed E-state index contributed by atoms with van der Waals surface area (Å²) >= 11 is 5.91. The van der Waals surface area contributed by atoms with Crippen molar-refractivity contribution in [2.45, 2.75) is 12.4 Å². The van der Waals surface area contributed by atoms with Crippen LogP contribution >= 0.6 is 31.9 Å². The van der Waals surface area contributed by atoms with Crippen LogP contribution < -0.4 is 9.47 Å². The van der Waals surface area contributed by atoms with Crippen LogP contribution in [0.2, 0.25) is 0 Å². The van der Waals surface area contributed by atoms with Gasteiger partial charge in [-0.1, -0.05) is 0 Å². The van der Waals surface area contributed by atoms with Crippen molar-refractivity contribution in [3.63, 3.8) is 0 Å². The zero-order valence-electron chi connectivity index (χ0n) is 12.0. The molecule has 136 valence electrons. The lowest BCUT2D eigenvalue weighted by molar-refractivity contribution is -0.138. The first-order valence-corrected chi connectivity index (χ1v) is 8.06. The average molecular weight is 494 g/mol. The van der Waals surface area contributed by atoms with Crippen molar-refractivity contribution >= 4 is 31.9 Å². The number of hydrogen-bond acceptors (Lipinski definition) is 2. The summed E-state index contributed by atoms with van der Waals surface area (Å²) in [5, 5.41) is 0. The van der Waals surface area contributed by atoms with E-state index >= 15 is 0 Å². The molecule has 0 bridgehead atoms. The monoisotopic (exact) mass is 492 g/mol. The minimum atomic E-state index is -4.48. The number of rotatable bonds is 4. The minimum Gasteiger partial charge on any atom is -0.456 e. The summed E-state index contributed by atoms with van der Waals surface area (Å²) in [6.07, 6.45) is -8.97. The van der Waals surface area contributed by atoms with E-state index < -0.39 is 30.3 Å². The predicted molar refractivity (Wildman–Crippen MR) is 84.4 cm³/mol. The Morgan fingerprint density at radius 3 is 1.32 bits per heavy atom. The molecular formula is C15H8Br2F6O2. The van der Waals surface area contributed by atoms with Gasteiger partial charge in [-0.3, -0.25) is 0 Å². The van der Waals surface area contributed by atoms with E-state index in [1.807, 2.05) is 0 Å². The van der Waals surface area contributed by atoms with E-state index in [-0.39, 0.29) is 20.4 Å². The molecule has 0 aliphatic carbocycles. The first-order valence-electron chi connectivity index (χ1n) is 6.47. The van der Waals surface area contributed by atoms with Crippen LogP contribution in [-0.2, 0) is 12.4 Å². The van der Waals surface area contributed by atoms with Crippen molar-refractivity contribution in [2.75, 3.05) is 6.79 Å². The lowest BCUT2D eigenvalue weighted by Crippen LogP contribution is -2.09. The van der Waals surface area contributed by atoms with Gasteiger partial charge >= 0.3 is 12.4 Å². The lowest BCUT2D eigenvalue weighted by atomic mass is 10.2. The summed E-state index contributed by atoms with van der Waals surface area (Å²) in [5.74, 6) is 0.187. The zero-order valence-corrected chi connectivity index (χ0v) is 15.2. The van der Waals surface area contributed by atoms with Crippen LogP contribution in [0.4, 0.5) is 26.3 Å². The second-order valence-corrected chi connectivity index (χ2v) is 6.40. The fourth-order valence-corrected chi connectivity index (χ4v) is 2.73. The maximum absolute atomic E-state index is 12.6. The standard InChI is InChI=1S/C15H8Br2F6O2/c16-10-5-8(14(18,19)20)1-3-12(10)24-7-25-13-4-2-9(6-11(13)17)15(21,22)23/h1-6H,7H2. The molecule has 2 rings (SSSR count). The van der Waals surface area contributed by atoms with Crippen LogP contribution in [0, 0.1) is 0 Å². The molecule has 0 unspecified atom stereocenters. The Hall–Kier alpha value is -1.42. The van der Waals surface area contributed by atoms with E-state index in [4.69, 9.17) is 9.47 Å². The molecule has 0 fully saturated rings. The molecule has 0 aliphatic heterocycles. The van der Waals surface area contributed by atoms with Crippen molar-refractivity contribution in [1.82, 2.24) is 0 Å². The molecule has 0 atom stereocenters. The van der Waals surface area contributed by atoms with E-state index in [1.54, 1.807) is 0 Å². The van der Waals surface area contributed by atoms with Crippen LogP contribution in [-0.4, -0.2) is 6.79 Å². The summed E-state index contributed by atoms with van der Waals surface area (Å²) in [7, 11) is 0. The van der Waals surface area contributed by atoms with E-state index in [9.17, 15) is 26.3 Å². The highest BCUT2D eigenvalue weighted by atomic mass is 79.9. The van der Waals surface area contributed by atoms with Crippen molar-refractivity contribution in [1.29, 1.82) is 0 Å². The highest BCUT2D eigenvalue weighted by Gasteiger charge is 2.31. The highest BCUT2D eigenvalue weighted by molar-refractivity contribution is 9.10. The molecule has 2 nitrogen and oxygen atoms in total. The third kappa shape index (κ3) is 5.27. The Bertz CT molecular complexity index is 695. The van der Waals surface area contributed by atoms with Crippen LogP contribution in [0.25, 0.3) is 0 Å². The quantitative estimate of drug-likeness (QED) is 0.350. The first-order chi connectivity index (χ1) is 11.5. The van der Waals surface area contributed by atoms with E-state index in [2.05, 4.69) is 31.9 Å². The van der Waals surface area contributed by atoms with Crippen LogP contribution in [0.1, 0.15) is 11.1 Å². The Morgan fingerprint density at radius 2 is 1.04 bits per heavy atom. The molecule has 0 aliphatic rings. The van der Waals surface area contributed by atoms with Gasteiger partial charge in [-0.15, -0.1) is 0 Å². The Labute approximate surface area is 155 Å². The van der Waals surface area contributed by atoms with Gasteiger partial charge < -0.3 is 9.47 Å². The van der Waals surface area contributed by atoms with Gasteiger partial charge in [0.25, 0.3) is 0 Å². The molecule has 25 heavy (non-hydrogen) atoms. The Balaban J connectivity index is 2.02. The summed E-state index contributed by atoms with van der Waals surface area (Å²) in [6, 6.07) is 5.60. The summed E-state index contributed by atoms with van der Waals surface area (Å²) in [5.41, 5.74) is -1.70. The minimum absolute atomic E-state index is 0.0670. The van der Waals surface area contributed by atoms with Gasteiger partial charge in [0.05, 0.1) is 20.1 Å². The van der Waals surface area contributed by atoms with Gasteiger partial charge in [-0.05, 0) is 68.3 Å². The van der Waals surface area contributed by atoms with E-state index in [1.165, 1.54) is 0 Å². The van der Waals surface area contributed by atoms with Gasteiger partial charge in [0.15, 0.2) is 0 Å². The van der Waals surface area contributed by atoms with Crippen molar-refractivity contribution in [3.05, 3.63) is 56.5 Å². The lowest BCUT2D eigenvalue weighted by Gasteiger charge is -2.14. The number of alkyl halides is 6. The van der Waals surface area contributed by atoms with E-state index in [0.717, 1.165) is 36.4 Å². The molecule has 0 aromatic heterocycles. The van der Waals surface area contributed by atoms with E-state index in [0.29, 0.717) is 0 Å². The third-order valence-electron chi connectivity index (χ3n) is 2.95. The Kier molecular flexibility index (Phi) is 5.93. The van der Waals surface area contributed by atoms with Gasteiger partial charge in [-0.25, -0.2) is 0 Å². The summed E-state index contributed by atoms with van der Waals surface area (Å²) < 4.78 is 85.9. The molecule has 0 saturated carbocycles. The summed E-state index contributed by atoms with van der Waals surface area (Å²) in [6.45, 7) is -0.409. The number of benzene rings is 2. The fraction of sp³-hybridized carbons (Fsp3) is 0.200. The third-order valence-corrected chi connectivity index (χ3v) is 4.19. The van der Waals surface area contributed by atoms with Crippen molar-refractivity contribution in [3.8, 4) is 11.5 Å². The predicted octanol–water partition coefficient (Wildman–Crippen LogP) is 6.66. The number of ether oxygens (including phenoxy) is 2. The van der Waals surface area contributed by atoms with Gasteiger partial charge in [-0.2, -0.15) is 26.3 Å². The molecule has 0 spiro atoms. The second kappa shape index (κ2) is 7.45. The highest BCUT2D eigenvalue weighted by Crippen LogP contribution is 2.36. The average Bonchev–Trinajstić information content (AvgIpc) is 2.48. The van der Waals surface area contributed by atoms with Crippen LogP contribution in [0.5, 0.6) is 11.5 Å². The van der Waals surface area contributed by atoms with Crippen LogP contribution in [0.3, 0.4) is 0 Å². The maximum atomic E-state index is 12.6. The van der Waals surface area contributed by atoms with Gasteiger partial charge in [0.2, 0.25) is 6.79 Å². The second-order valence-electron chi connectivity index (χ2n) is 4.69. The zero-order chi connectivity index (χ0) is 18.8. The molecule has 2 aromatic carbocycles. The largest absolute Gasteiger partial charge is 0.456 e. The maximum Gasteiger partial charge on any atom is 0.416 e. The van der Waals surface area contributed by atoms with Crippen molar-refractivity contribution in [2.24, 2.45) is 0 Å². The normalized spacial score (nSPS) is 12.2. The molecule has 0 saturated heterocycles. The van der Waals surface area contributed by atoms with Crippen molar-refractivity contribution < 1.29 is 35.8 Å². The van der Waals surface area contributed by atoms with Crippen LogP contribution in [0.15, 0.2) is 45.3 Å². The first kappa shape index (κ1) is 19.9. The topological polar surface area (TPSA) is 18.5 Å². The van der Waals surface area contributed by atoms with Gasteiger partial charge in [0.1, 0.15) is 11.5 Å². The molecule has 0 radical (unpaired) electrons. The number of hydrogen-bond donors (Lipinski definition) is 0. The molecule has 0 N–H and O–H groups in total. The smallest absolute Gasteiger partial charge is 0.416 e. The number of halogens is 8. The Morgan fingerprint density at radius 1 is 0.680 bits per heavy atom. The molecule has 0 heterocycles. The molecule has 2 aromatic rings. The molecular weight excluding hydrogens is 486 g/mol. The van der Waals surface area contributed by atoms with Gasteiger partial charge in [0, 0.05) is 0 Å². The molecule has 0 amide bonds. The molecule has 10 heteroatoms. The summed E-state index contributed by atoms with van der Waals surface area (Å²) in [4.78, 5) is 0.